The van der Waals surface area contributed by atoms with Gasteiger partial charge in [-0.1, -0.05) is 53.2 Å². The molecule has 11 heteroatoms. The Hall–Kier alpha value is -3.27. The van der Waals surface area contributed by atoms with Crippen LogP contribution in [0.4, 0.5) is 0 Å². The van der Waals surface area contributed by atoms with Gasteiger partial charge in [0.05, 0.1) is 17.2 Å². The van der Waals surface area contributed by atoms with Crippen LogP contribution in [0.1, 0.15) is 33.3 Å². The van der Waals surface area contributed by atoms with Gasteiger partial charge < -0.3 is 9.47 Å². The zero-order chi connectivity index (χ0) is 27.4. The lowest BCUT2D eigenvalue weighted by Gasteiger charge is -2.17. The third-order valence-electron chi connectivity index (χ3n) is 6.04. The maximum atomic E-state index is 11.6. The van der Waals surface area contributed by atoms with Crippen molar-refractivity contribution in [3.63, 3.8) is 0 Å². The van der Waals surface area contributed by atoms with Crippen molar-refractivity contribution in [2.24, 2.45) is 0 Å². The minimum Gasteiger partial charge on any atom is -0.493 e. The Bertz CT molecular complexity index is 1480. The fourth-order valence-corrected chi connectivity index (χ4v) is 5.33. The lowest BCUT2D eigenvalue weighted by atomic mass is 10.1. The van der Waals surface area contributed by atoms with Crippen LogP contribution in [-0.2, 0) is 6.61 Å². The molecule has 1 aromatic heterocycles. The molecule has 0 spiro atoms. The smallest absolute Gasteiger partial charge is 0.220 e. The lowest BCUT2D eigenvalue weighted by molar-refractivity contribution is -0.479. The number of hydrogen-bond donors (Lipinski definition) is 0. The standard InChI is InChI=1S/C27H26Cl2N4O4S/c1-16-5-8-21(11-17(16)2)33-18(3)30-31-27(33)38-26(14-32(34)35)20-7-10-24(25(13-20)36-4)37-15-19-6-9-22(28)23(29)12-19/h5-13,26H,14-15H2,1-4H3/t26-/m0/s1. The van der Waals surface area contributed by atoms with Crippen molar-refractivity contribution in [3.8, 4) is 17.2 Å². The first-order valence-corrected chi connectivity index (χ1v) is 13.3. The summed E-state index contributed by atoms with van der Waals surface area (Å²) in [5.74, 6) is 1.66. The molecule has 3 aromatic carbocycles. The van der Waals surface area contributed by atoms with E-state index in [4.69, 9.17) is 32.7 Å². The third-order valence-corrected chi connectivity index (χ3v) is 7.96. The molecule has 0 amide bonds. The van der Waals surface area contributed by atoms with Gasteiger partial charge in [0.1, 0.15) is 17.7 Å². The van der Waals surface area contributed by atoms with E-state index in [9.17, 15) is 10.1 Å². The van der Waals surface area contributed by atoms with Crippen molar-refractivity contribution in [1.82, 2.24) is 14.8 Å². The van der Waals surface area contributed by atoms with Gasteiger partial charge in [-0.05, 0) is 79.4 Å². The van der Waals surface area contributed by atoms with Crippen molar-refractivity contribution < 1.29 is 14.4 Å². The summed E-state index contributed by atoms with van der Waals surface area (Å²) in [4.78, 5) is 11.3. The Kier molecular flexibility index (Phi) is 8.81. The molecule has 38 heavy (non-hydrogen) atoms. The molecule has 0 aliphatic carbocycles. The number of halogens is 2. The second kappa shape index (κ2) is 12.1. The predicted octanol–water partition coefficient (Wildman–Crippen LogP) is 7.20. The molecular weight excluding hydrogens is 547 g/mol. The molecule has 0 radical (unpaired) electrons. The number of ether oxygens (including phenoxy) is 2. The average Bonchev–Trinajstić information content (AvgIpc) is 3.25. The maximum Gasteiger partial charge on any atom is 0.220 e. The monoisotopic (exact) mass is 572 g/mol. The number of thioether (sulfide) groups is 1. The van der Waals surface area contributed by atoms with Gasteiger partial charge >= 0.3 is 0 Å². The van der Waals surface area contributed by atoms with E-state index in [2.05, 4.69) is 16.3 Å². The highest BCUT2D eigenvalue weighted by molar-refractivity contribution is 7.99. The van der Waals surface area contributed by atoms with Gasteiger partial charge in [0, 0.05) is 10.6 Å². The molecule has 8 nitrogen and oxygen atoms in total. The van der Waals surface area contributed by atoms with Gasteiger partial charge in [0.25, 0.3) is 0 Å². The fraction of sp³-hybridized carbons (Fsp3) is 0.259. The van der Waals surface area contributed by atoms with E-state index in [-0.39, 0.29) is 18.1 Å². The molecule has 198 valence electrons. The van der Waals surface area contributed by atoms with Crippen LogP contribution in [0.25, 0.3) is 5.69 Å². The number of nitro groups is 1. The van der Waals surface area contributed by atoms with Gasteiger partial charge in [-0.15, -0.1) is 10.2 Å². The minimum atomic E-state index is -0.545. The van der Waals surface area contributed by atoms with Crippen molar-refractivity contribution in [1.29, 1.82) is 0 Å². The molecule has 0 saturated heterocycles. The first-order chi connectivity index (χ1) is 18.2. The Morgan fingerprint density at radius 2 is 1.76 bits per heavy atom. The Balaban J connectivity index is 1.61. The molecular formula is C27H26Cl2N4O4S. The fourth-order valence-electron chi connectivity index (χ4n) is 3.85. The average molecular weight is 574 g/mol. The van der Waals surface area contributed by atoms with Crippen molar-refractivity contribution in [3.05, 3.63) is 103 Å². The summed E-state index contributed by atoms with van der Waals surface area (Å²) in [6.07, 6.45) is 0. The molecule has 1 heterocycles. The van der Waals surface area contributed by atoms with Gasteiger partial charge in [0.2, 0.25) is 6.54 Å². The number of nitrogens with zero attached hydrogens (tertiary/aromatic N) is 4. The lowest BCUT2D eigenvalue weighted by Crippen LogP contribution is -2.11. The minimum absolute atomic E-state index is 0.248. The number of rotatable bonds is 10. The first-order valence-electron chi connectivity index (χ1n) is 11.7. The van der Waals surface area contributed by atoms with Gasteiger partial charge in [-0.25, -0.2) is 0 Å². The highest BCUT2D eigenvalue weighted by Gasteiger charge is 2.25. The second-order valence-corrected chi connectivity index (χ2v) is 10.7. The van der Waals surface area contributed by atoms with E-state index in [1.165, 1.54) is 24.4 Å². The summed E-state index contributed by atoms with van der Waals surface area (Å²) in [6, 6.07) is 16.7. The van der Waals surface area contributed by atoms with Crippen LogP contribution in [-0.4, -0.2) is 33.3 Å². The maximum absolute atomic E-state index is 11.6. The zero-order valence-corrected chi connectivity index (χ0v) is 23.6. The van der Waals surface area contributed by atoms with Crippen LogP contribution in [0.3, 0.4) is 0 Å². The van der Waals surface area contributed by atoms with E-state index >= 15 is 0 Å². The Labute approximate surface area is 235 Å². The number of methoxy groups -OCH3 is 1. The molecule has 0 unspecified atom stereocenters. The van der Waals surface area contributed by atoms with Gasteiger partial charge in [0.15, 0.2) is 16.7 Å². The summed E-state index contributed by atoms with van der Waals surface area (Å²) >= 11 is 13.4. The molecule has 0 bridgehead atoms. The predicted molar refractivity (Wildman–Crippen MR) is 150 cm³/mol. The number of aromatic nitrogens is 3. The Morgan fingerprint density at radius 1 is 0.974 bits per heavy atom. The quantitative estimate of drug-likeness (QED) is 0.113. The van der Waals surface area contributed by atoms with Gasteiger partial charge in [-0.3, -0.25) is 14.7 Å². The second-order valence-electron chi connectivity index (χ2n) is 8.70. The molecule has 0 aliphatic rings. The molecule has 0 aliphatic heterocycles. The van der Waals surface area contributed by atoms with Gasteiger partial charge in [-0.2, -0.15) is 0 Å². The van der Waals surface area contributed by atoms with Crippen LogP contribution in [0, 0.1) is 30.9 Å². The number of benzene rings is 3. The largest absolute Gasteiger partial charge is 0.493 e. The van der Waals surface area contributed by atoms with Crippen LogP contribution in [0.15, 0.2) is 59.8 Å². The van der Waals surface area contributed by atoms with E-state index < -0.39 is 5.25 Å². The summed E-state index contributed by atoms with van der Waals surface area (Å²) in [5, 5.41) is 21.1. The summed E-state index contributed by atoms with van der Waals surface area (Å²) in [5.41, 5.74) is 4.76. The molecule has 0 N–H and O–H groups in total. The number of hydrogen-bond acceptors (Lipinski definition) is 7. The summed E-state index contributed by atoms with van der Waals surface area (Å²) in [7, 11) is 1.53. The van der Waals surface area contributed by atoms with E-state index in [1.54, 1.807) is 30.3 Å². The highest BCUT2D eigenvalue weighted by atomic mass is 35.5. The zero-order valence-electron chi connectivity index (χ0n) is 21.3. The molecule has 4 aromatic rings. The molecule has 1 atom stereocenters. The molecule has 0 saturated carbocycles. The van der Waals surface area contributed by atoms with Crippen molar-refractivity contribution in [2.45, 2.75) is 37.8 Å². The van der Waals surface area contributed by atoms with E-state index in [0.29, 0.717) is 38.1 Å². The van der Waals surface area contributed by atoms with Crippen LogP contribution in [0.2, 0.25) is 10.0 Å². The van der Waals surface area contributed by atoms with Crippen molar-refractivity contribution >= 4 is 35.0 Å². The summed E-state index contributed by atoms with van der Waals surface area (Å²) < 4.78 is 13.4. The topological polar surface area (TPSA) is 92.3 Å². The molecule has 4 rings (SSSR count). The third kappa shape index (κ3) is 6.40. The first kappa shape index (κ1) is 27.8. The number of aryl methyl sites for hydroxylation is 3. The van der Waals surface area contributed by atoms with E-state index in [0.717, 1.165) is 16.8 Å². The highest BCUT2D eigenvalue weighted by Crippen LogP contribution is 2.40. The summed E-state index contributed by atoms with van der Waals surface area (Å²) in [6.45, 7) is 5.89. The Morgan fingerprint density at radius 3 is 2.45 bits per heavy atom. The SMILES string of the molecule is COc1cc([C@H](C[N+](=O)[O-])Sc2nnc(C)n2-c2ccc(C)c(C)c2)ccc1OCc1ccc(Cl)c(Cl)c1. The van der Waals surface area contributed by atoms with Crippen LogP contribution in [0.5, 0.6) is 11.5 Å². The normalized spacial score (nSPS) is 11.8. The van der Waals surface area contributed by atoms with Crippen molar-refractivity contribution in [2.75, 3.05) is 13.7 Å². The van der Waals surface area contributed by atoms with Crippen LogP contribution < -0.4 is 9.47 Å². The van der Waals surface area contributed by atoms with Crippen LogP contribution >= 0.6 is 35.0 Å². The van der Waals surface area contributed by atoms with E-state index in [1.807, 2.05) is 43.5 Å². The molecule has 0 fully saturated rings.